The molecule has 0 aromatic carbocycles. The van der Waals surface area contributed by atoms with Crippen LogP contribution in [0.5, 0.6) is 0 Å². The molecule has 0 radical (unpaired) electrons. The van der Waals surface area contributed by atoms with Crippen molar-refractivity contribution in [1.29, 1.82) is 0 Å². The molecule has 1 amide bonds. The van der Waals surface area contributed by atoms with E-state index in [0.29, 0.717) is 5.84 Å². The van der Waals surface area contributed by atoms with Crippen LogP contribution in [0.2, 0.25) is 0 Å². The number of hydrogen-bond donors (Lipinski definition) is 2. The van der Waals surface area contributed by atoms with Crippen LogP contribution >= 0.6 is 0 Å². The van der Waals surface area contributed by atoms with Gasteiger partial charge in [-0.05, 0) is 38.0 Å². The molecule has 0 aliphatic heterocycles. The van der Waals surface area contributed by atoms with Gasteiger partial charge in [0.05, 0.1) is 12.0 Å². The van der Waals surface area contributed by atoms with Gasteiger partial charge in [0.1, 0.15) is 5.84 Å². The van der Waals surface area contributed by atoms with Gasteiger partial charge in [0.2, 0.25) is 5.91 Å². The molecule has 0 unspecified atom stereocenters. The number of amidine groups is 1. The summed E-state index contributed by atoms with van der Waals surface area (Å²) < 4.78 is 0. The standard InChI is InChI=1S/C10H17N3O/c11-8(5-9(12)14)13-10-3-1-7(6-10)2-4-10/h7H,1-6H2,(H2,11,13)(H2,12,14). The van der Waals surface area contributed by atoms with E-state index in [0.717, 1.165) is 25.2 Å². The van der Waals surface area contributed by atoms with Crippen molar-refractivity contribution in [3.05, 3.63) is 0 Å². The first-order chi connectivity index (χ1) is 6.60. The quantitative estimate of drug-likeness (QED) is 0.509. The van der Waals surface area contributed by atoms with Crippen LogP contribution < -0.4 is 11.5 Å². The average molecular weight is 195 g/mol. The second kappa shape index (κ2) is 3.26. The summed E-state index contributed by atoms with van der Waals surface area (Å²) >= 11 is 0. The number of rotatable bonds is 3. The second-order valence-corrected chi connectivity index (χ2v) is 4.62. The van der Waals surface area contributed by atoms with Crippen LogP contribution in [0.15, 0.2) is 4.99 Å². The Morgan fingerprint density at radius 2 is 2.00 bits per heavy atom. The Labute approximate surface area is 83.7 Å². The van der Waals surface area contributed by atoms with Gasteiger partial charge >= 0.3 is 0 Å². The minimum absolute atomic E-state index is 0.0736. The summed E-state index contributed by atoms with van der Waals surface area (Å²) in [4.78, 5) is 15.1. The smallest absolute Gasteiger partial charge is 0.224 e. The summed E-state index contributed by atoms with van der Waals surface area (Å²) in [5.74, 6) is 0.871. The van der Waals surface area contributed by atoms with Crippen LogP contribution in [0.4, 0.5) is 0 Å². The lowest BCUT2D eigenvalue weighted by atomic mass is 9.94. The third kappa shape index (κ3) is 1.74. The molecule has 2 bridgehead atoms. The molecule has 0 atom stereocenters. The Hall–Kier alpha value is -1.06. The highest BCUT2D eigenvalue weighted by molar-refractivity contribution is 5.98. The Balaban J connectivity index is 2.04. The minimum Gasteiger partial charge on any atom is -0.387 e. The van der Waals surface area contributed by atoms with E-state index in [4.69, 9.17) is 11.5 Å². The van der Waals surface area contributed by atoms with E-state index in [1.807, 2.05) is 0 Å². The van der Waals surface area contributed by atoms with Crippen LogP contribution in [0.25, 0.3) is 0 Å². The van der Waals surface area contributed by atoms with Gasteiger partial charge < -0.3 is 11.5 Å². The number of primary amides is 1. The fraction of sp³-hybridized carbons (Fsp3) is 0.800. The molecule has 2 saturated carbocycles. The number of carbonyl (C=O) groups is 1. The summed E-state index contributed by atoms with van der Waals surface area (Å²) in [7, 11) is 0. The number of fused-ring (bicyclic) bond motifs is 2. The monoisotopic (exact) mass is 195 g/mol. The van der Waals surface area contributed by atoms with Gasteiger partial charge in [-0.3, -0.25) is 9.79 Å². The Morgan fingerprint density at radius 1 is 1.36 bits per heavy atom. The molecule has 2 fully saturated rings. The zero-order valence-corrected chi connectivity index (χ0v) is 8.33. The Kier molecular flexibility index (Phi) is 2.21. The molecule has 4 heteroatoms. The zero-order chi connectivity index (χ0) is 10.2. The first-order valence-corrected chi connectivity index (χ1v) is 5.22. The van der Waals surface area contributed by atoms with Crippen molar-refractivity contribution in [2.75, 3.05) is 0 Å². The third-order valence-corrected chi connectivity index (χ3v) is 3.44. The van der Waals surface area contributed by atoms with Crippen molar-refractivity contribution < 1.29 is 4.79 Å². The summed E-state index contributed by atoms with van der Waals surface area (Å²) in [6.45, 7) is 0. The molecular weight excluding hydrogens is 178 g/mol. The third-order valence-electron chi connectivity index (χ3n) is 3.44. The van der Waals surface area contributed by atoms with Gasteiger partial charge in [0.15, 0.2) is 0 Å². The molecule has 0 aromatic heterocycles. The lowest BCUT2D eigenvalue weighted by Gasteiger charge is -2.21. The highest BCUT2D eigenvalue weighted by Crippen LogP contribution is 2.50. The molecule has 0 saturated heterocycles. The SMILES string of the molecule is NC(=O)CC(N)=NC12CCC(CC1)C2. The average Bonchev–Trinajstić information content (AvgIpc) is 2.60. The molecule has 0 heterocycles. The van der Waals surface area contributed by atoms with Crippen molar-refractivity contribution in [3.63, 3.8) is 0 Å². The van der Waals surface area contributed by atoms with Gasteiger partial charge in [-0.15, -0.1) is 0 Å². The largest absolute Gasteiger partial charge is 0.387 e. The highest BCUT2D eigenvalue weighted by Gasteiger charge is 2.44. The van der Waals surface area contributed by atoms with Gasteiger partial charge in [-0.1, -0.05) is 0 Å². The van der Waals surface area contributed by atoms with Crippen LogP contribution in [-0.4, -0.2) is 17.3 Å². The van der Waals surface area contributed by atoms with Gasteiger partial charge in [0, 0.05) is 0 Å². The molecule has 4 N–H and O–H groups in total. The van der Waals surface area contributed by atoms with Gasteiger partial charge in [-0.2, -0.15) is 0 Å². The number of carbonyl (C=O) groups excluding carboxylic acids is 1. The van der Waals surface area contributed by atoms with Crippen LogP contribution in [0, 0.1) is 5.92 Å². The maximum absolute atomic E-state index is 10.6. The summed E-state index contributed by atoms with van der Waals surface area (Å²) in [6.07, 6.45) is 6.08. The fourth-order valence-electron chi connectivity index (χ4n) is 2.84. The first kappa shape index (κ1) is 9.49. The van der Waals surface area contributed by atoms with Gasteiger partial charge in [0.25, 0.3) is 0 Å². The second-order valence-electron chi connectivity index (χ2n) is 4.62. The molecule has 2 rings (SSSR count). The van der Waals surface area contributed by atoms with Gasteiger partial charge in [-0.25, -0.2) is 0 Å². The van der Waals surface area contributed by atoms with E-state index in [-0.39, 0.29) is 12.0 Å². The lowest BCUT2D eigenvalue weighted by Crippen LogP contribution is -2.28. The first-order valence-electron chi connectivity index (χ1n) is 5.22. The number of hydrogen-bond acceptors (Lipinski definition) is 2. The predicted molar refractivity (Wildman–Crippen MR) is 54.7 cm³/mol. The number of amides is 1. The molecule has 78 valence electrons. The van der Waals surface area contributed by atoms with E-state index in [1.165, 1.54) is 12.8 Å². The fourth-order valence-corrected chi connectivity index (χ4v) is 2.84. The topological polar surface area (TPSA) is 81.5 Å². The van der Waals surface area contributed by atoms with Crippen LogP contribution in [0.1, 0.15) is 38.5 Å². The summed E-state index contributed by atoms with van der Waals surface area (Å²) in [6, 6.07) is 0. The van der Waals surface area contributed by atoms with E-state index in [9.17, 15) is 4.79 Å². The van der Waals surface area contributed by atoms with Crippen molar-refractivity contribution in [1.82, 2.24) is 0 Å². The maximum atomic E-state index is 10.6. The number of nitrogens with zero attached hydrogens (tertiary/aromatic N) is 1. The molecule has 4 nitrogen and oxygen atoms in total. The number of aliphatic imine (C=N–C) groups is 1. The van der Waals surface area contributed by atoms with Crippen molar-refractivity contribution in [3.8, 4) is 0 Å². The summed E-state index contributed by atoms with van der Waals surface area (Å²) in [5, 5.41) is 0. The van der Waals surface area contributed by atoms with Crippen LogP contribution in [-0.2, 0) is 4.79 Å². The molecular formula is C10H17N3O. The maximum Gasteiger partial charge on any atom is 0.224 e. The molecule has 14 heavy (non-hydrogen) atoms. The Morgan fingerprint density at radius 3 is 2.43 bits per heavy atom. The van der Waals surface area contributed by atoms with Crippen molar-refractivity contribution in [2.24, 2.45) is 22.4 Å². The van der Waals surface area contributed by atoms with E-state index in [1.54, 1.807) is 0 Å². The number of nitrogens with two attached hydrogens (primary N) is 2. The predicted octanol–water partition coefficient (Wildman–Crippen LogP) is 0.552. The van der Waals surface area contributed by atoms with E-state index < -0.39 is 5.91 Å². The molecule has 0 aromatic rings. The van der Waals surface area contributed by atoms with Crippen LogP contribution in [0.3, 0.4) is 0 Å². The van der Waals surface area contributed by atoms with E-state index >= 15 is 0 Å². The molecule has 2 aliphatic carbocycles. The Bertz CT molecular complexity index is 277. The van der Waals surface area contributed by atoms with Crippen molar-refractivity contribution >= 4 is 11.7 Å². The summed E-state index contributed by atoms with van der Waals surface area (Å²) in [5.41, 5.74) is 10.8. The molecule has 0 spiro atoms. The van der Waals surface area contributed by atoms with Crippen molar-refractivity contribution in [2.45, 2.75) is 44.1 Å². The zero-order valence-electron chi connectivity index (χ0n) is 8.33. The van der Waals surface area contributed by atoms with E-state index in [2.05, 4.69) is 4.99 Å². The minimum atomic E-state index is -0.393. The lowest BCUT2D eigenvalue weighted by molar-refractivity contribution is -0.116. The highest BCUT2D eigenvalue weighted by atomic mass is 16.1. The molecule has 2 aliphatic rings. The normalized spacial score (nSPS) is 36.3.